The quantitative estimate of drug-likeness (QED) is 0.813. The molecule has 2 saturated heterocycles. The summed E-state index contributed by atoms with van der Waals surface area (Å²) in [5.41, 5.74) is 1.27. The lowest BCUT2D eigenvalue weighted by Gasteiger charge is -2.35. The highest BCUT2D eigenvalue weighted by molar-refractivity contribution is 5.80. The van der Waals surface area contributed by atoms with Gasteiger partial charge in [0.2, 0.25) is 5.91 Å². The van der Waals surface area contributed by atoms with E-state index in [1.807, 2.05) is 32.9 Å². The Bertz CT molecular complexity index is 591. The Kier molecular flexibility index (Phi) is 6.53. The van der Waals surface area contributed by atoms with Crippen molar-refractivity contribution in [3.8, 4) is 0 Å². The molecule has 2 aliphatic heterocycles. The zero-order valence-corrected chi connectivity index (χ0v) is 15.9. The Morgan fingerprint density at radius 3 is 2.23 bits per heavy atom. The average Bonchev–Trinajstić information content (AvgIpc) is 3.23. The second kappa shape index (κ2) is 9.06. The fourth-order valence-electron chi connectivity index (χ4n) is 4.02. The van der Waals surface area contributed by atoms with Crippen molar-refractivity contribution in [3.05, 3.63) is 35.9 Å². The van der Waals surface area contributed by atoms with Gasteiger partial charge in [-0.25, -0.2) is 4.79 Å². The zero-order chi connectivity index (χ0) is 18.4. The molecule has 0 radical (unpaired) electrons. The van der Waals surface area contributed by atoms with Crippen molar-refractivity contribution >= 4 is 11.9 Å². The lowest BCUT2D eigenvalue weighted by atomic mass is 9.95. The van der Waals surface area contributed by atoms with E-state index in [1.54, 1.807) is 0 Å². The molecule has 5 heteroatoms. The molecule has 3 amide bonds. The summed E-state index contributed by atoms with van der Waals surface area (Å²) in [5, 5.41) is 0. The molecule has 0 spiro atoms. The third-order valence-electron chi connectivity index (χ3n) is 5.70. The van der Waals surface area contributed by atoms with Gasteiger partial charge in [-0.1, -0.05) is 30.3 Å². The van der Waals surface area contributed by atoms with Gasteiger partial charge in [0.05, 0.1) is 0 Å². The molecule has 2 fully saturated rings. The third kappa shape index (κ3) is 4.57. The SMILES string of the molecule is CCN(CCc1ccccc1)C(=O)C1CCN(C(=O)N2CCCC2)CC1. The van der Waals surface area contributed by atoms with Gasteiger partial charge in [0.15, 0.2) is 0 Å². The summed E-state index contributed by atoms with van der Waals surface area (Å²) in [6.45, 7) is 6.77. The predicted molar refractivity (Wildman–Crippen MR) is 103 cm³/mol. The van der Waals surface area contributed by atoms with Crippen LogP contribution in [-0.2, 0) is 11.2 Å². The summed E-state index contributed by atoms with van der Waals surface area (Å²) in [7, 11) is 0. The van der Waals surface area contributed by atoms with Gasteiger partial charge >= 0.3 is 6.03 Å². The topological polar surface area (TPSA) is 43.9 Å². The van der Waals surface area contributed by atoms with Gasteiger partial charge in [0, 0.05) is 45.2 Å². The van der Waals surface area contributed by atoms with Crippen LogP contribution in [0.4, 0.5) is 4.79 Å². The number of rotatable bonds is 5. The van der Waals surface area contributed by atoms with E-state index in [9.17, 15) is 9.59 Å². The maximum atomic E-state index is 12.9. The van der Waals surface area contributed by atoms with E-state index in [1.165, 1.54) is 5.56 Å². The van der Waals surface area contributed by atoms with E-state index in [4.69, 9.17) is 0 Å². The van der Waals surface area contributed by atoms with Crippen LogP contribution in [0.25, 0.3) is 0 Å². The van der Waals surface area contributed by atoms with Crippen molar-refractivity contribution in [2.45, 2.75) is 39.0 Å². The van der Waals surface area contributed by atoms with E-state index in [0.717, 1.165) is 58.3 Å². The van der Waals surface area contributed by atoms with Gasteiger partial charge in [0.25, 0.3) is 0 Å². The van der Waals surface area contributed by atoms with Crippen molar-refractivity contribution in [2.24, 2.45) is 5.92 Å². The number of carbonyl (C=O) groups is 2. The molecule has 26 heavy (non-hydrogen) atoms. The molecular formula is C21H31N3O2. The van der Waals surface area contributed by atoms with Gasteiger partial charge in [-0.15, -0.1) is 0 Å². The van der Waals surface area contributed by atoms with Crippen molar-refractivity contribution in [3.63, 3.8) is 0 Å². The van der Waals surface area contributed by atoms with Gasteiger partial charge in [0.1, 0.15) is 0 Å². The minimum Gasteiger partial charge on any atom is -0.342 e. The van der Waals surface area contributed by atoms with Gasteiger partial charge in [-0.3, -0.25) is 4.79 Å². The van der Waals surface area contributed by atoms with Crippen LogP contribution in [0.2, 0.25) is 0 Å². The van der Waals surface area contributed by atoms with Crippen LogP contribution in [0, 0.1) is 5.92 Å². The Hall–Kier alpha value is -2.04. The van der Waals surface area contributed by atoms with Crippen molar-refractivity contribution < 1.29 is 9.59 Å². The summed E-state index contributed by atoms with van der Waals surface area (Å²) in [5.74, 6) is 0.324. The van der Waals surface area contributed by atoms with E-state index in [0.29, 0.717) is 13.1 Å². The Morgan fingerprint density at radius 1 is 1.00 bits per heavy atom. The maximum Gasteiger partial charge on any atom is 0.319 e. The summed E-state index contributed by atoms with van der Waals surface area (Å²) in [6, 6.07) is 10.5. The normalized spacial score (nSPS) is 18.2. The predicted octanol–water partition coefficient (Wildman–Crippen LogP) is 3.01. The number of likely N-dealkylation sites (tertiary alicyclic amines) is 2. The lowest BCUT2D eigenvalue weighted by molar-refractivity contribution is -0.136. The second-order valence-corrected chi connectivity index (χ2v) is 7.39. The second-order valence-electron chi connectivity index (χ2n) is 7.39. The monoisotopic (exact) mass is 357 g/mol. The molecule has 3 rings (SSSR count). The average molecular weight is 357 g/mol. The first-order valence-corrected chi connectivity index (χ1v) is 10.1. The number of nitrogens with zero attached hydrogens (tertiary/aromatic N) is 3. The molecule has 0 N–H and O–H groups in total. The first-order valence-electron chi connectivity index (χ1n) is 10.1. The van der Waals surface area contributed by atoms with Crippen molar-refractivity contribution in [1.29, 1.82) is 0 Å². The maximum absolute atomic E-state index is 12.9. The number of amides is 3. The molecule has 2 aliphatic rings. The van der Waals surface area contributed by atoms with E-state index >= 15 is 0 Å². The largest absolute Gasteiger partial charge is 0.342 e. The molecule has 0 saturated carbocycles. The summed E-state index contributed by atoms with van der Waals surface area (Å²) in [6.07, 6.45) is 4.72. The number of urea groups is 1. The standard InChI is InChI=1S/C21H31N3O2/c1-2-22(15-10-18-8-4-3-5-9-18)20(25)19-11-16-24(17-12-19)21(26)23-13-6-7-14-23/h3-5,8-9,19H,2,6-7,10-17H2,1H3. The van der Waals surface area contributed by atoms with Crippen LogP contribution in [-0.4, -0.2) is 65.9 Å². The van der Waals surface area contributed by atoms with Crippen molar-refractivity contribution in [2.75, 3.05) is 39.3 Å². The fraction of sp³-hybridized carbons (Fsp3) is 0.619. The van der Waals surface area contributed by atoms with Crippen LogP contribution in [0.1, 0.15) is 38.2 Å². The number of hydrogen-bond donors (Lipinski definition) is 0. The summed E-state index contributed by atoms with van der Waals surface area (Å²) < 4.78 is 0. The molecule has 1 aromatic carbocycles. The van der Waals surface area contributed by atoms with Gasteiger partial charge in [-0.2, -0.15) is 0 Å². The number of hydrogen-bond acceptors (Lipinski definition) is 2. The highest BCUT2D eigenvalue weighted by atomic mass is 16.2. The van der Waals surface area contributed by atoms with Crippen LogP contribution in [0.3, 0.4) is 0 Å². The van der Waals surface area contributed by atoms with E-state index in [2.05, 4.69) is 19.1 Å². The Balaban J connectivity index is 1.47. The Morgan fingerprint density at radius 2 is 1.62 bits per heavy atom. The molecule has 0 aliphatic carbocycles. The van der Waals surface area contributed by atoms with Gasteiger partial charge in [-0.05, 0) is 44.6 Å². The molecule has 5 nitrogen and oxygen atoms in total. The van der Waals surface area contributed by atoms with Crippen LogP contribution >= 0.6 is 0 Å². The highest BCUT2D eigenvalue weighted by Gasteiger charge is 2.31. The molecular weight excluding hydrogens is 326 g/mol. The first kappa shape index (κ1) is 18.7. The lowest BCUT2D eigenvalue weighted by Crippen LogP contribution is -2.48. The van der Waals surface area contributed by atoms with Crippen LogP contribution in [0.5, 0.6) is 0 Å². The molecule has 0 unspecified atom stereocenters. The molecule has 0 aromatic heterocycles. The minimum absolute atomic E-state index is 0.0633. The number of carbonyl (C=O) groups excluding carboxylic acids is 2. The fourth-order valence-corrected chi connectivity index (χ4v) is 4.02. The molecule has 1 aromatic rings. The van der Waals surface area contributed by atoms with E-state index in [-0.39, 0.29) is 17.9 Å². The van der Waals surface area contributed by atoms with Crippen molar-refractivity contribution in [1.82, 2.24) is 14.7 Å². The number of likely N-dealkylation sites (N-methyl/N-ethyl adjacent to an activating group) is 1. The minimum atomic E-state index is 0.0633. The van der Waals surface area contributed by atoms with Crippen LogP contribution < -0.4 is 0 Å². The third-order valence-corrected chi connectivity index (χ3v) is 5.70. The van der Waals surface area contributed by atoms with Crippen LogP contribution in [0.15, 0.2) is 30.3 Å². The first-order chi connectivity index (χ1) is 12.7. The molecule has 142 valence electrons. The highest BCUT2D eigenvalue weighted by Crippen LogP contribution is 2.22. The Labute approximate surface area is 156 Å². The number of piperidine rings is 1. The molecule has 2 heterocycles. The summed E-state index contributed by atoms with van der Waals surface area (Å²) >= 11 is 0. The van der Waals surface area contributed by atoms with Gasteiger partial charge < -0.3 is 14.7 Å². The molecule has 0 atom stereocenters. The van der Waals surface area contributed by atoms with E-state index < -0.39 is 0 Å². The zero-order valence-electron chi connectivity index (χ0n) is 15.9. The summed E-state index contributed by atoms with van der Waals surface area (Å²) in [4.78, 5) is 31.3. The molecule has 0 bridgehead atoms. The number of benzene rings is 1. The smallest absolute Gasteiger partial charge is 0.319 e.